The van der Waals surface area contributed by atoms with Gasteiger partial charge in [-0.2, -0.15) is 0 Å². The molecule has 2 aromatic carbocycles. The van der Waals surface area contributed by atoms with E-state index in [0.29, 0.717) is 11.5 Å². The maximum atomic E-state index is 5.41. The van der Waals surface area contributed by atoms with E-state index in [1.165, 1.54) is 0 Å². The topological polar surface area (TPSA) is 59.0 Å². The Balaban J connectivity index is 0.000000878. The summed E-state index contributed by atoms with van der Waals surface area (Å²) in [5.41, 5.74) is 3.21. The fraction of sp³-hybridized carbons (Fsp3) is 0.100. The average molecular weight is 460 g/mol. The second-order valence-electron chi connectivity index (χ2n) is 5.50. The minimum atomic E-state index is 0.194. The van der Waals surface area contributed by atoms with E-state index in [1.54, 1.807) is 0 Å². The number of hydrogen-bond acceptors (Lipinski definition) is 4. The molecule has 1 N–H and O–H groups in total. The maximum absolute atomic E-state index is 5.41. The molecule has 0 unspecified atom stereocenters. The van der Waals surface area contributed by atoms with E-state index in [0.717, 1.165) is 22.8 Å². The fourth-order valence-corrected chi connectivity index (χ4v) is 2.12. The molecule has 0 spiro atoms. The van der Waals surface area contributed by atoms with Crippen LogP contribution in [0, 0.1) is 0 Å². The number of rotatable bonds is 6. The van der Waals surface area contributed by atoms with Crippen LogP contribution in [0.25, 0.3) is 0 Å². The van der Waals surface area contributed by atoms with E-state index >= 15 is 0 Å². The summed E-state index contributed by atoms with van der Waals surface area (Å²) in [4.78, 5) is 14.1. The summed E-state index contributed by atoms with van der Waals surface area (Å²) in [6.45, 7) is 3.76. The first-order chi connectivity index (χ1) is 13.6. The van der Waals surface area contributed by atoms with Gasteiger partial charge >= 0.3 is 33.3 Å². The van der Waals surface area contributed by atoms with Crippen molar-refractivity contribution in [2.24, 2.45) is 10.3 Å². The van der Waals surface area contributed by atoms with Crippen LogP contribution in [0.3, 0.4) is 0 Å². The molecule has 0 bridgehead atoms. The van der Waals surface area contributed by atoms with Crippen molar-refractivity contribution in [3.05, 3.63) is 84.2 Å². The summed E-state index contributed by atoms with van der Waals surface area (Å²) in [5.74, 6) is 1.39. The van der Waals surface area contributed by atoms with Gasteiger partial charge in [0, 0.05) is 0 Å². The summed E-state index contributed by atoms with van der Waals surface area (Å²) in [6, 6.07) is 22.8. The Hall–Kier alpha value is -2.24. The van der Waals surface area contributed by atoms with Gasteiger partial charge < -0.3 is 14.7 Å². The monoisotopic (exact) mass is 459 g/mol. The van der Waals surface area contributed by atoms with Crippen molar-refractivity contribution < 1.29 is 22.8 Å². The Bertz CT molecular complexity index is 828. The normalized spacial score (nSPS) is 11.6. The zero-order valence-corrected chi connectivity index (χ0v) is 17.9. The Morgan fingerprint density at radius 1 is 0.714 bits per heavy atom. The number of H-pyrrole nitrogens is 1. The zero-order valence-electron chi connectivity index (χ0n) is 15.2. The van der Waals surface area contributed by atoms with Crippen molar-refractivity contribution in [2.75, 3.05) is 0 Å². The molecule has 148 valence electrons. The third-order valence-electron chi connectivity index (χ3n) is 3.53. The molecule has 0 amide bonds. The Morgan fingerprint density at radius 3 is 1.43 bits per heavy atom. The number of para-hydroxylation sites is 2. The van der Waals surface area contributed by atoms with Crippen molar-refractivity contribution in [1.29, 1.82) is 0 Å². The van der Waals surface area contributed by atoms with Crippen molar-refractivity contribution in [3.8, 4) is 11.5 Å². The first-order valence-electron chi connectivity index (χ1n) is 8.22. The van der Waals surface area contributed by atoms with Crippen LogP contribution < -0.4 is 9.68 Å². The average Bonchev–Trinajstić information content (AvgIpc) is 3.23. The molecule has 8 heteroatoms. The molecule has 0 radical (unpaired) electrons. The van der Waals surface area contributed by atoms with Gasteiger partial charge in [-0.15, -0.1) is 0 Å². The standard InChI is InChI=1S/C20H19N3O2.2ClH.Fe/c1-15(22-24-17-9-5-3-6-10-17)19-13-14-20(21-19)16(2)23-25-18-11-7-4-8-12-18;;;/h3-14,21H,1-2H3;2*1H;/q;;;+2/p-2/b22-15+,23-16+;;;. The number of nitrogens with one attached hydrogen (secondary N) is 1. The zero-order chi connectivity index (χ0) is 20.2. The number of halogens is 2. The summed E-state index contributed by atoms with van der Waals surface area (Å²) in [6.07, 6.45) is 0. The first-order valence-corrected chi connectivity index (χ1v) is 11.3. The molecule has 0 atom stereocenters. The minimum absolute atomic E-state index is 0.194. The molecular weight excluding hydrogens is 441 g/mol. The van der Waals surface area contributed by atoms with Crippen LogP contribution in [-0.2, 0) is 13.1 Å². The number of hydrogen-bond donors (Lipinski definition) is 1. The van der Waals surface area contributed by atoms with E-state index in [1.807, 2.05) is 86.6 Å². The fourth-order valence-electron chi connectivity index (χ4n) is 2.12. The molecule has 1 heterocycles. The molecule has 3 rings (SSSR count). The van der Waals surface area contributed by atoms with Crippen molar-refractivity contribution in [3.63, 3.8) is 0 Å². The number of aromatic nitrogens is 1. The van der Waals surface area contributed by atoms with E-state index in [2.05, 4.69) is 15.3 Å². The SMILES string of the molecule is C/C(=N\Oc1ccccc1)c1ccc(/C(C)=N/Oc2ccccc2)[nH]1.[Cl][Fe][Cl]. The summed E-state index contributed by atoms with van der Waals surface area (Å²) >= 11 is 0.194. The number of oxime groups is 2. The van der Waals surface area contributed by atoms with Crippen LogP contribution in [0.4, 0.5) is 0 Å². The van der Waals surface area contributed by atoms with Crippen molar-refractivity contribution >= 4 is 31.6 Å². The third-order valence-corrected chi connectivity index (χ3v) is 3.53. The molecule has 0 aliphatic carbocycles. The van der Waals surface area contributed by atoms with Gasteiger partial charge in [-0.3, -0.25) is 0 Å². The summed E-state index contributed by atoms with van der Waals surface area (Å²) in [5, 5.41) is 8.29. The van der Waals surface area contributed by atoms with E-state index in [4.69, 9.17) is 29.9 Å². The number of benzene rings is 2. The number of aromatic amines is 1. The van der Waals surface area contributed by atoms with Gasteiger partial charge in [-0.25, -0.2) is 0 Å². The molecule has 0 saturated heterocycles. The van der Waals surface area contributed by atoms with Crippen LogP contribution in [0.1, 0.15) is 25.2 Å². The Kier molecular flexibility index (Phi) is 9.66. The van der Waals surface area contributed by atoms with Gasteiger partial charge in [0.2, 0.25) is 0 Å². The quantitative estimate of drug-likeness (QED) is 0.279. The van der Waals surface area contributed by atoms with Crippen LogP contribution in [0.5, 0.6) is 11.5 Å². The predicted octanol–water partition coefficient (Wildman–Crippen LogP) is 6.00. The number of nitrogens with zero attached hydrogens (tertiary/aromatic N) is 2. The second-order valence-corrected chi connectivity index (χ2v) is 7.32. The van der Waals surface area contributed by atoms with Gasteiger partial charge in [0.05, 0.1) is 11.4 Å². The van der Waals surface area contributed by atoms with Crippen molar-refractivity contribution in [2.45, 2.75) is 13.8 Å². The molecule has 28 heavy (non-hydrogen) atoms. The Labute approximate surface area is 178 Å². The summed E-state index contributed by atoms with van der Waals surface area (Å²) in [7, 11) is 9.53. The van der Waals surface area contributed by atoms with Gasteiger partial charge in [0.1, 0.15) is 11.4 Å². The van der Waals surface area contributed by atoms with Crippen LogP contribution in [-0.4, -0.2) is 16.4 Å². The van der Waals surface area contributed by atoms with Crippen LogP contribution >= 0.6 is 20.2 Å². The van der Waals surface area contributed by atoms with Crippen LogP contribution in [0.15, 0.2) is 83.1 Å². The molecule has 1 aromatic heterocycles. The molecule has 0 aliphatic rings. The van der Waals surface area contributed by atoms with Gasteiger partial charge in [-0.1, -0.05) is 46.7 Å². The van der Waals surface area contributed by atoms with E-state index in [-0.39, 0.29) is 13.1 Å². The molecule has 0 fully saturated rings. The molecule has 0 aliphatic heterocycles. The summed E-state index contributed by atoms with van der Waals surface area (Å²) < 4.78 is 0. The molecule has 5 nitrogen and oxygen atoms in total. The second kappa shape index (κ2) is 12.3. The van der Waals surface area contributed by atoms with Gasteiger partial charge in [0.25, 0.3) is 0 Å². The predicted molar refractivity (Wildman–Crippen MR) is 111 cm³/mol. The first kappa shape index (κ1) is 22.1. The van der Waals surface area contributed by atoms with E-state index in [9.17, 15) is 0 Å². The molecule has 3 aromatic rings. The van der Waals surface area contributed by atoms with Gasteiger partial charge in [-0.05, 0) is 50.2 Å². The molecule has 0 saturated carbocycles. The Morgan fingerprint density at radius 2 is 1.07 bits per heavy atom. The molecular formula is C20H19Cl2FeN3O2. The third kappa shape index (κ3) is 7.41. The van der Waals surface area contributed by atoms with Crippen LogP contribution in [0.2, 0.25) is 0 Å². The van der Waals surface area contributed by atoms with Gasteiger partial charge in [0.15, 0.2) is 11.5 Å². The van der Waals surface area contributed by atoms with E-state index < -0.39 is 0 Å². The van der Waals surface area contributed by atoms with Crippen molar-refractivity contribution in [1.82, 2.24) is 4.98 Å².